The van der Waals surface area contributed by atoms with Crippen LogP contribution in [0.5, 0.6) is 0 Å². The van der Waals surface area contributed by atoms with Crippen molar-refractivity contribution in [2.45, 2.75) is 6.43 Å². The molecular formula is C9H6BrF2NO3. The Kier molecular flexibility index (Phi) is 3.94. The maximum absolute atomic E-state index is 12.0. The van der Waals surface area contributed by atoms with Crippen molar-refractivity contribution in [3.63, 3.8) is 0 Å². The Morgan fingerprint density at radius 2 is 2.00 bits per heavy atom. The number of halogens is 3. The molecule has 0 aromatic heterocycles. The quantitative estimate of drug-likeness (QED) is 0.899. The summed E-state index contributed by atoms with van der Waals surface area (Å²) in [5.74, 6) is -2.69. The number of aromatic carboxylic acids is 1. The van der Waals surface area contributed by atoms with Crippen molar-refractivity contribution in [3.8, 4) is 0 Å². The van der Waals surface area contributed by atoms with E-state index in [1.165, 1.54) is 12.1 Å². The van der Waals surface area contributed by atoms with Gasteiger partial charge in [-0.3, -0.25) is 4.79 Å². The molecule has 1 rings (SSSR count). The number of alkyl halides is 2. The summed E-state index contributed by atoms with van der Waals surface area (Å²) < 4.78 is 24.2. The molecule has 0 saturated carbocycles. The molecule has 7 heteroatoms. The standard InChI is InChI=1S/C9H6BrF2NO3/c10-5-2-1-4(9(15)16)3-6(5)13-8(14)7(11)12/h1-3,7H,(H,13,14)(H,15,16). The molecule has 0 bridgehead atoms. The molecule has 0 radical (unpaired) electrons. The Hall–Kier alpha value is -1.50. The molecule has 0 unspecified atom stereocenters. The van der Waals surface area contributed by atoms with Gasteiger partial charge in [-0.15, -0.1) is 0 Å². The highest BCUT2D eigenvalue weighted by molar-refractivity contribution is 9.10. The van der Waals surface area contributed by atoms with Crippen molar-refractivity contribution in [3.05, 3.63) is 28.2 Å². The van der Waals surface area contributed by atoms with E-state index in [0.717, 1.165) is 6.07 Å². The van der Waals surface area contributed by atoms with Gasteiger partial charge in [0, 0.05) is 4.47 Å². The first-order valence-electron chi connectivity index (χ1n) is 4.03. The van der Waals surface area contributed by atoms with Gasteiger partial charge in [0.2, 0.25) is 0 Å². The van der Waals surface area contributed by atoms with Gasteiger partial charge in [0.05, 0.1) is 11.3 Å². The van der Waals surface area contributed by atoms with E-state index in [2.05, 4.69) is 15.9 Å². The number of carboxylic acids is 1. The second-order valence-electron chi connectivity index (χ2n) is 2.79. The van der Waals surface area contributed by atoms with Crippen LogP contribution in [0.3, 0.4) is 0 Å². The smallest absolute Gasteiger partial charge is 0.335 e. The van der Waals surface area contributed by atoms with Crippen molar-refractivity contribution in [2.75, 3.05) is 5.32 Å². The van der Waals surface area contributed by atoms with Crippen LogP contribution in [-0.4, -0.2) is 23.4 Å². The Bertz CT molecular complexity index is 437. The van der Waals surface area contributed by atoms with Crippen LogP contribution in [-0.2, 0) is 4.79 Å². The van der Waals surface area contributed by atoms with Gasteiger partial charge < -0.3 is 10.4 Å². The first kappa shape index (κ1) is 12.6. The molecular weight excluding hydrogens is 288 g/mol. The summed E-state index contributed by atoms with van der Waals surface area (Å²) in [4.78, 5) is 21.3. The number of nitrogens with one attached hydrogen (secondary N) is 1. The summed E-state index contributed by atoms with van der Waals surface area (Å²) in [6.45, 7) is 0. The zero-order valence-corrected chi connectivity index (χ0v) is 9.29. The third-order valence-electron chi connectivity index (χ3n) is 1.67. The summed E-state index contributed by atoms with van der Waals surface area (Å²) in [5, 5.41) is 10.6. The Balaban J connectivity index is 2.99. The van der Waals surface area contributed by atoms with Gasteiger partial charge in [-0.05, 0) is 34.1 Å². The van der Waals surface area contributed by atoms with E-state index >= 15 is 0 Å². The average molecular weight is 294 g/mol. The summed E-state index contributed by atoms with van der Waals surface area (Å²) >= 11 is 3.00. The SMILES string of the molecule is O=C(O)c1ccc(Br)c(NC(=O)C(F)F)c1. The molecule has 0 spiro atoms. The number of rotatable bonds is 3. The van der Waals surface area contributed by atoms with Crippen LogP contribution in [0.25, 0.3) is 0 Å². The number of hydrogen-bond acceptors (Lipinski definition) is 2. The normalized spacial score (nSPS) is 10.2. The Labute approximate surface area is 97.4 Å². The van der Waals surface area contributed by atoms with Gasteiger partial charge in [-0.25, -0.2) is 4.79 Å². The Morgan fingerprint density at radius 3 is 2.50 bits per heavy atom. The topological polar surface area (TPSA) is 66.4 Å². The van der Waals surface area contributed by atoms with Gasteiger partial charge in [0.15, 0.2) is 0 Å². The van der Waals surface area contributed by atoms with Crippen LogP contribution in [0.4, 0.5) is 14.5 Å². The lowest BCUT2D eigenvalue weighted by atomic mass is 10.2. The van der Waals surface area contributed by atoms with Gasteiger partial charge in [-0.2, -0.15) is 8.78 Å². The third kappa shape index (κ3) is 2.99. The fourth-order valence-corrected chi connectivity index (χ4v) is 1.29. The molecule has 1 aromatic rings. The molecule has 1 amide bonds. The molecule has 86 valence electrons. The summed E-state index contributed by atoms with van der Waals surface area (Å²) in [6, 6.07) is 3.72. The minimum absolute atomic E-state index is 0.00907. The summed E-state index contributed by atoms with van der Waals surface area (Å²) in [5.41, 5.74) is -0.113. The van der Waals surface area contributed by atoms with E-state index < -0.39 is 18.3 Å². The molecule has 4 nitrogen and oxygen atoms in total. The highest BCUT2D eigenvalue weighted by atomic mass is 79.9. The van der Waals surface area contributed by atoms with Gasteiger partial charge in [0.1, 0.15) is 0 Å². The van der Waals surface area contributed by atoms with Crippen molar-refractivity contribution < 1.29 is 23.5 Å². The third-order valence-corrected chi connectivity index (χ3v) is 2.36. The highest BCUT2D eigenvalue weighted by Gasteiger charge is 2.17. The lowest BCUT2D eigenvalue weighted by molar-refractivity contribution is -0.126. The van der Waals surface area contributed by atoms with Crippen LogP contribution in [0, 0.1) is 0 Å². The number of amides is 1. The van der Waals surface area contributed by atoms with Crippen molar-refractivity contribution in [1.82, 2.24) is 0 Å². The van der Waals surface area contributed by atoms with E-state index in [4.69, 9.17) is 5.11 Å². The molecule has 0 aliphatic carbocycles. The number of benzene rings is 1. The van der Waals surface area contributed by atoms with E-state index in [1.54, 1.807) is 0 Å². The van der Waals surface area contributed by atoms with Gasteiger partial charge in [0.25, 0.3) is 5.91 Å². The van der Waals surface area contributed by atoms with Crippen LogP contribution in [0.1, 0.15) is 10.4 Å². The van der Waals surface area contributed by atoms with Crippen LogP contribution >= 0.6 is 15.9 Å². The molecule has 0 aliphatic heterocycles. The van der Waals surface area contributed by atoms with E-state index in [0.29, 0.717) is 4.47 Å². The van der Waals surface area contributed by atoms with E-state index in [-0.39, 0.29) is 11.3 Å². The molecule has 0 aliphatic rings. The monoisotopic (exact) mass is 293 g/mol. The number of carbonyl (C=O) groups excluding carboxylic acids is 1. The molecule has 16 heavy (non-hydrogen) atoms. The first-order chi connectivity index (χ1) is 7.41. The largest absolute Gasteiger partial charge is 0.478 e. The number of carboxylic acid groups (broad SMARTS) is 1. The predicted octanol–water partition coefficient (Wildman–Crippen LogP) is 2.35. The maximum Gasteiger partial charge on any atom is 0.335 e. The summed E-state index contributed by atoms with van der Waals surface area (Å²) in [7, 11) is 0. The fraction of sp³-hybridized carbons (Fsp3) is 0.111. The average Bonchev–Trinajstić information content (AvgIpc) is 2.20. The zero-order valence-electron chi connectivity index (χ0n) is 7.71. The molecule has 0 atom stereocenters. The van der Waals surface area contributed by atoms with Crippen molar-refractivity contribution >= 4 is 33.5 Å². The number of anilines is 1. The van der Waals surface area contributed by atoms with Crippen molar-refractivity contribution in [1.29, 1.82) is 0 Å². The lowest BCUT2D eigenvalue weighted by Gasteiger charge is -2.07. The van der Waals surface area contributed by atoms with Crippen LogP contribution < -0.4 is 5.32 Å². The highest BCUT2D eigenvalue weighted by Crippen LogP contribution is 2.24. The van der Waals surface area contributed by atoms with Crippen LogP contribution in [0.2, 0.25) is 0 Å². The van der Waals surface area contributed by atoms with Crippen LogP contribution in [0.15, 0.2) is 22.7 Å². The van der Waals surface area contributed by atoms with E-state index in [1.807, 2.05) is 5.32 Å². The molecule has 2 N–H and O–H groups in total. The molecule has 0 saturated heterocycles. The minimum atomic E-state index is -3.15. The zero-order chi connectivity index (χ0) is 12.3. The first-order valence-corrected chi connectivity index (χ1v) is 4.83. The van der Waals surface area contributed by atoms with E-state index in [9.17, 15) is 18.4 Å². The lowest BCUT2D eigenvalue weighted by Crippen LogP contribution is -2.20. The fourth-order valence-electron chi connectivity index (χ4n) is 0.941. The molecule has 1 aromatic carbocycles. The Morgan fingerprint density at radius 1 is 1.38 bits per heavy atom. The van der Waals surface area contributed by atoms with Crippen molar-refractivity contribution in [2.24, 2.45) is 0 Å². The number of hydrogen-bond donors (Lipinski definition) is 2. The minimum Gasteiger partial charge on any atom is -0.478 e. The molecule has 0 heterocycles. The summed E-state index contributed by atoms with van der Waals surface area (Å²) in [6.07, 6.45) is -3.15. The number of carbonyl (C=O) groups is 2. The second-order valence-corrected chi connectivity index (χ2v) is 3.64. The molecule has 0 fully saturated rings. The van der Waals surface area contributed by atoms with Gasteiger partial charge >= 0.3 is 12.4 Å². The predicted molar refractivity (Wildman–Crippen MR) is 55.7 cm³/mol. The second kappa shape index (κ2) is 5.02. The van der Waals surface area contributed by atoms with Gasteiger partial charge in [-0.1, -0.05) is 0 Å². The maximum atomic E-state index is 12.0.